The van der Waals surface area contributed by atoms with Crippen molar-refractivity contribution in [3.8, 4) is 0 Å². The molecule has 0 saturated carbocycles. The van der Waals surface area contributed by atoms with Gasteiger partial charge in [-0.05, 0) is 43.4 Å². The molecule has 0 aliphatic carbocycles. The van der Waals surface area contributed by atoms with Gasteiger partial charge in [0.25, 0.3) is 0 Å². The van der Waals surface area contributed by atoms with Crippen LogP contribution in [0.25, 0.3) is 0 Å². The fourth-order valence-electron chi connectivity index (χ4n) is 2.62. The molecule has 0 heterocycles. The number of nitrogens with one attached hydrogen (secondary N) is 2. The second kappa shape index (κ2) is 9.11. The number of hydrogen-bond acceptors (Lipinski definition) is 3. The van der Waals surface area contributed by atoms with E-state index in [2.05, 4.69) is 10.6 Å². The van der Waals surface area contributed by atoms with Gasteiger partial charge in [0.05, 0.1) is 17.8 Å². The second-order valence-electron chi connectivity index (χ2n) is 5.81. The van der Waals surface area contributed by atoms with Gasteiger partial charge in [0, 0.05) is 18.7 Å². The van der Waals surface area contributed by atoms with E-state index in [1.54, 1.807) is 7.11 Å². The Kier molecular flexibility index (Phi) is 7.82. The molecular weight excluding hydrogens is 316 g/mol. The van der Waals surface area contributed by atoms with Gasteiger partial charge in [0.2, 0.25) is 0 Å². The lowest BCUT2D eigenvalue weighted by atomic mass is 9.99. The highest BCUT2D eigenvalue weighted by Crippen LogP contribution is 2.29. The van der Waals surface area contributed by atoms with Gasteiger partial charge in [-0.2, -0.15) is 0 Å². The minimum atomic E-state index is -0.634. The Labute approximate surface area is 143 Å². The first kappa shape index (κ1) is 19.7. The number of anilines is 1. The molecule has 0 aromatic heterocycles. The van der Waals surface area contributed by atoms with Crippen LogP contribution in [0.15, 0.2) is 12.1 Å². The summed E-state index contributed by atoms with van der Waals surface area (Å²) in [5.74, 6) is 0. The van der Waals surface area contributed by atoms with E-state index in [-0.39, 0.29) is 12.6 Å². The lowest BCUT2D eigenvalue weighted by Crippen LogP contribution is -2.51. The van der Waals surface area contributed by atoms with Gasteiger partial charge in [-0.15, -0.1) is 0 Å². The summed E-state index contributed by atoms with van der Waals surface area (Å²) in [7, 11) is 1.57. The summed E-state index contributed by atoms with van der Waals surface area (Å²) < 4.78 is 5.14. The van der Waals surface area contributed by atoms with Crippen LogP contribution in [0.4, 0.5) is 10.5 Å². The summed E-state index contributed by atoms with van der Waals surface area (Å²) in [4.78, 5) is 12.4. The molecule has 6 heteroatoms. The van der Waals surface area contributed by atoms with E-state index in [9.17, 15) is 9.90 Å². The highest BCUT2D eigenvalue weighted by molar-refractivity contribution is 6.31. The summed E-state index contributed by atoms with van der Waals surface area (Å²) in [6.07, 6.45) is 1.94. The molecule has 0 bridgehead atoms. The SMILES string of the molecule is CCc1ccc(Cl)c(CC)c1NC(=O)NC(C)(CCO)COC. The molecule has 1 rings (SSSR count). The van der Waals surface area contributed by atoms with Crippen LogP contribution in [-0.2, 0) is 17.6 Å². The molecule has 0 aliphatic rings. The zero-order chi connectivity index (χ0) is 17.5. The number of benzene rings is 1. The molecule has 1 atom stereocenters. The molecule has 0 radical (unpaired) electrons. The second-order valence-corrected chi connectivity index (χ2v) is 6.22. The topological polar surface area (TPSA) is 70.6 Å². The van der Waals surface area contributed by atoms with E-state index < -0.39 is 5.54 Å². The smallest absolute Gasteiger partial charge is 0.319 e. The van der Waals surface area contributed by atoms with Gasteiger partial charge in [-0.1, -0.05) is 31.5 Å². The number of carbonyl (C=O) groups excluding carboxylic acids is 1. The van der Waals surface area contributed by atoms with Crippen LogP contribution in [-0.4, -0.2) is 37.0 Å². The molecule has 130 valence electrons. The molecule has 0 saturated heterocycles. The van der Waals surface area contributed by atoms with Crippen molar-refractivity contribution in [2.75, 3.05) is 25.6 Å². The fourth-order valence-corrected chi connectivity index (χ4v) is 2.91. The van der Waals surface area contributed by atoms with Gasteiger partial charge in [-0.25, -0.2) is 4.79 Å². The van der Waals surface area contributed by atoms with Gasteiger partial charge in [0.1, 0.15) is 0 Å². The number of rotatable bonds is 8. The van der Waals surface area contributed by atoms with Gasteiger partial charge < -0.3 is 20.5 Å². The van der Waals surface area contributed by atoms with Crippen molar-refractivity contribution >= 4 is 23.3 Å². The van der Waals surface area contributed by atoms with Crippen LogP contribution in [0.1, 0.15) is 38.3 Å². The molecule has 1 aromatic rings. The third-order valence-electron chi connectivity index (χ3n) is 3.86. The summed E-state index contributed by atoms with van der Waals surface area (Å²) in [6, 6.07) is 3.46. The quantitative estimate of drug-likeness (QED) is 0.678. The van der Waals surface area contributed by atoms with E-state index >= 15 is 0 Å². The Morgan fingerprint density at radius 1 is 1.35 bits per heavy atom. The highest BCUT2D eigenvalue weighted by Gasteiger charge is 2.26. The average Bonchev–Trinajstić information content (AvgIpc) is 2.47. The van der Waals surface area contributed by atoms with Crippen molar-refractivity contribution < 1.29 is 14.6 Å². The number of ether oxygens (including phenoxy) is 1. The number of amides is 2. The predicted molar refractivity (Wildman–Crippen MR) is 94.3 cm³/mol. The molecule has 3 N–H and O–H groups in total. The van der Waals surface area contributed by atoms with Crippen molar-refractivity contribution in [3.05, 3.63) is 28.3 Å². The number of aliphatic hydroxyl groups is 1. The van der Waals surface area contributed by atoms with E-state index in [1.165, 1.54) is 0 Å². The van der Waals surface area contributed by atoms with Gasteiger partial charge in [0.15, 0.2) is 0 Å². The van der Waals surface area contributed by atoms with Crippen molar-refractivity contribution in [3.63, 3.8) is 0 Å². The molecule has 1 unspecified atom stereocenters. The number of carbonyl (C=O) groups is 1. The van der Waals surface area contributed by atoms with Crippen LogP contribution >= 0.6 is 11.6 Å². The Morgan fingerprint density at radius 3 is 2.57 bits per heavy atom. The Morgan fingerprint density at radius 2 is 2.04 bits per heavy atom. The standard InChI is InChI=1S/C17H27ClN2O3/c1-5-12-7-8-14(18)13(6-2)15(12)19-16(22)20-17(3,9-10-21)11-23-4/h7-8,21H,5-6,9-11H2,1-4H3,(H2,19,20,22). The van der Waals surface area contributed by atoms with Crippen molar-refractivity contribution in [2.24, 2.45) is 0 Å². The third kappa shape index (κ3) is 5.37. The minimum Gasteiger partial charge on any atom is -0.396 e. The zero-order valence-electron chi connectivity index (χ0n) is 14.3. The molecule has 5 nitrogen and oxygen atoms in total. The molecular formula is C17H27ClN2O3. The Hall–Kier alpha value is -1.30. The molecule has 23 heavy (non-hydrogen) atoms. The van der Waals surface area contributed by atoms with E-state index in [4.69, 9.17) is 16.3 Å². The van der Waals surface area contributed by atoms with Crippen LogP contribution in [0.2, 0.25) is 5.02 Å². The van der Waals surface area contributed by atoms with E-state index in [1.807, 2.05) is 32.9 Å². The van der Waals surface area contributed by atoms with Gasteiger partial charge in [-0.3, -0.25) is 0 Å². The summed E-state index contributed by atoms with van der Waals surface area (Å²) >= 11 is 6.25. The number of aryl methyl sites for hydroxylation is 1. The Bertz CT molecular complexity index is 529. The number of hydrogen-bond donors (Lipinski definition) is 3. The number of halogens is 1. The van der Waals surface area contributed by atoms with E-state index in [0.29, 0.717) is 18.1 Å². The van der Waals surface area contributed by atoms with Crippen molar-refractivity contribution in [2.45, 2.75) is 45.6 Å². The van der Waals surface area contributed by atoms with Crippen LogP contribution in [0, 0.1) is 0 Å². The third-order valence-corrected chi connectivity index (χ3v) is 4.21. The molecule has 0 fully saturated rings. The van der Waals surface area contributed by atoms with Gasteiger partial charge >= 0.3 is 6.03 Å². The first-order chi connectivity index (χ1) is 10.9. The first-order valence-electron chi connectivity index (χ1n) is 7.90. The van der Waals surface area contributed by atoms with E-state index in [0.717, 1.165) is 29.7 Å². The van der Waals surface area contributed by atoms with Crippen molar-refractivity contribution in [1.82, 2.24) is 5.32 Å². The predicted octanol–water partition coefficient (Wildman–Crippen LogP) is 3.37. The first-order valence-corrected chi connectivity index (χ1v) is 8.27. The minimum absolute atomic E-state index is 0.0300. The monoisotopic (exact) mass is 342 g/mol. The highest BCUT2D eigenvalue weighted by atomic mass is 35.5. The lowest BCUT2D eigenvalue weighted by molar-refractivity contribution is 0.104. The maximum Gasteiger partial charge on any atom is 0.319 e. The normalized spacial score (nSPS) is 13.5. The van der Waals surface area contributed by atoms with Crippen molar-refractivity contribution in [1.29, 1.82) is 0 Å². The van der Waals surface area contributed by atoms with Crippen LogP contribution in [0.5, 0.6) is 0 Å². The summed E-state index contributed by atoms with van der Waals surface area (Å²) in [5, 5.41) is 15.6. The summed E-state index contributed by atoms with van der Waals surface area (Å²) in [5.41, 5.74) is 2.10. The maximum atomic E-state index is 12.4. The average molecular weight is 343 g/mol. The number of aliphatic hydroxyl groups excluding tert-OH is 1. The summed E-state index contributed by atoms with van der Waals surface area (Å²) in [6.45, 7) is 6.17. The maximum absolute atomic E-state index is 12.4. The number of urea groups is 1. The number of methoxy groups -OCH3 is 1. The molecule has 0 spiro atoms. The largest absolute Gasteiger partial charge is 0.396 e. The van der Waals surface area contributed by atoms with Crippen LogP contribution < -0.4 is 10.6 Å². The molecule has 2 amide bonds. The molecule has 1 aromatic carbocycles. The molecule has 0 aliphatic heterocycles. The Balaban J connectivity index is 2.98. The van der Waals surface area contributed by atoms with Crippen LogP contribution in [0.3, 0.4) is 0 Å². The fraction of sp³-hybridized carbons (Fsp3) is 0.588. The lowest BCUT2D eigenvalue weighted by Gasteiger charge is -2.30. The zero-order valence-corrected chi connectivity index (χ0v) is 15.1.